The molecule has 0 bridgehead atoms. The van der Waals surface area contributed by atoms with Crippen LogP contribution >= 0.6 is 0 Å². The van der Waals surface area contributed by atoms with E-state index in [1.807, 2.05) is 128 Å². The van der Waals surface area contributed by atoms with Gasteiger partial charge in [-0.05, 0) is 32.6 Å². The summed E-state index contributed by atoms with van der Waals surface area (Å²) in [6.45, 7) is 18.8. The maximum Gasteiger partial charge on any atom is 0 e. The van der Waals surface area contributed by atoms with Crippen molar-refractivity contribution in [2.45, 2.75) is 126 Å². The summed E-state index contributed by atoms with van der Waals surface area (Å²) in [5.41, 5.74) is 17.8. The van der Waals surface area contributed by atoms with E-state index in [0.717, 1.165) is 74.0 Å². The molecule has 0 unspecified atom stereocenters. The Balaban J connectivity index is 0.000000154. The fourth-order valence-electron chi connectivity index (χ4n) is 18.5. The van der Waals surface area contributed by atoms with E-state index >= 15 is 0 Å². The molecule has 19 aromatic rings. The molecule has 6 aromatic heterocycles. The molecule has 731 valence electrons. The second kappa shape index (κ2) is 53.4. The van der Waals surface area contributed by atoms with Crippen LogP contribution in [-0.4, -0.2) is 93.9 Å². The van der Waals surface area contributed by atoms with E-state index in [9.17, 15) is 0 Å². The number of pyridine rings is 6. The first kappa shape index (κ1) is 112. The SMILES string of the molecule is CC(C)Cc1cc(-c2[c-]cccc2)nc[c]1[Ge]([CH3])([CH3])[c]1ccccc1.C[Si](C)(c1ccccc1)c1ccc(-c2[c-]cccc2)nc1.C[Si](C)(c1ccccc1)c1ccc(-c2[c-]cccc2)nc1.C[Si](C)(c1ccccc1)c1ccc(-c2[c-]cccc2)nc1.[CH3][Ge]([CH3])([c]1ccccc1)[c]1ccc(-c2[c-]ccc(-c3ccccc3)c2)nc1.[CH3][Ge]([CH3])([c]1ccccc1)[c]1cnc(-c2[c-]cccc2)cc1C1CCCC1.[Ir].[Ir].[Ir]. The number of rotatable bonds is 22. The van der Waals surface area contributed by atoms with E-state index in [1.165, 1.54) is 95.5 Å². The summed E-state index contributed by atoms with van der Waals surface area (Å²) in [5, 5.41) is 8.37. The van der Waals surface area contributed by atoms with E-state index in [1.54, 1.807) is 9.96 Å². The average Bonchev–Trinajstić information content (AvgIpc) is 1.06. The van der Waals surface area contributed by atoms with Gasteiger partial charge in [-0.1, -0.05) is 182 Å². The molecule has 13 aromatic carbocycles. The largest absolute Gasteiger partial charge is 0 e. The Morgan fingerprint density at radius 1 is 0.257 bits per heavy atom. The van der Waals surface area contributed by atoms with Gasteiger partial charge in [0, 0.05) is 78.9 Å². The standard InChI is InChI=1S/C25H22GeN.C24H26GeN.C23H26GeN.3C19H18NSi.3Ir/c1-26(2,23-14-7-4-8-15-23)24-16-17-25(27-19-24)22-13-9-12-21(18-22)20-10-5-3-6-11-20;1-25(2,21-15-7-4-8-16-21)23-18-26-24(20-13-5-3-6-14-20)17-22(23)19-11-9-10-12-19;1-18(2)15-20-16-23(19-11-7-5-8-12-19)25-17-22(20)24(3,4)21-13-9-6-10-14-21;3*1-21(2,17-11-7-4-8-12-17)18-13-14-19(20-15-18)16-9-5-3-6-10-16;;;/h3-12,14-19H,1-2H3;3-8,13,15-19H,9-12H2,1-2H3;5-11,13-14,16-18H,15H2,1-4H3;3*3-9,11-15H,1-2H3;;;/q6*-1;;;. The monoisotopic (exact) mass is 2650 g/mol. The van der Waals surface area contributed by atoms with Gasteiger partial charge in [0.25, 0.3) is 0 Å². The van der Waals surface area contributed by atoms with Gasteiger partial charge in [-0.3, -0.25) is 0 Å². The van der Waals surface area contributed by atoms with Crippen LogP contribution in [0.25, 0.3) is 78.7 Å². The van der Waals surface area contributed by atoms with Crippen molar-refractivity contribution < 1.29 is 60.3 Å². The molecule has 1 aliphatic rings. The summed E-state index contributed by atoms with van der Waals surface area (Å²) < 4.78 is 8.97. The molecule has 1 aliphatic carbocycles. The molecule has 0 atom stereocenters. The van der Waals surface area contributed by atoms with Crippen LogP contribution < -0.4 is 57.5 Å². The summed E-state index contributed by atoms with van der Waals surface area (Å²) in [5.74, 6) is 16.2. The Labute approximate surface area is 909 Å². The molecule has 0 saturated heterocycles. The zero-order valence-electron chi connectivity index (χ0n) is 85.1. The van der Waals surface area contributed by atoms with Crippen molar-refractivity contribution in [1.29, 1.82) is 0 Å². The first-order valence-corrected chi connectivity index (χ1v) is 77.3. The van der Waals surface area contributed by atoms with Gasteiger partial charge in [0.05, 0.1) is 0 Å². The summed E-state index contributed by atoms with van der Waals surface area (Å²) in [4.78, 5) is 28.4. The van der Waals surface area contributed by atoms with Crippen LogP contribution in [0.15, 0.2) is 450 Å². The smallest absolute Gasteiger partial charge is 0 e. The number of hydrogen-bond donors (Lipinski definition) is 0. The summed E-state index contributed by atoms with van der Waals surface area (Å²) in [6.07, 6.45) is 19.0. The van der Waals surface area contributed by atoms with E-state index < -0.39 is 64.0 Å². The summed E-state index contributed by atoms with van der Waals surface area (Å²) >= 11 is -7.01. The number of nitrogens with zero attached hydrogens (tertiary/aromatic N) is 6. The van der Waals surface area contributed by atoms with Crippen LogP contribution in [0.4, 0.5) is 0 Å². The molecule has 20 rings (SSSR count). The first-order chi connectivity index (χ1) is 68.3. The van der Waals surface area contributed by atoms with Gasteiger partial charge in [-0.15, -0.1) is 108 Å². The predicted octanol–water partition coefficient (Wildman–Crippen LogP) is 24.7. The Hall–Kier alpha value is -11.0. The second-order valence-electron chi connectivity index (χ2n) is 39.9. The molecule has 6 heterocycles. The summed E-state index contributed by atoms with van der Waals surface area (Å²) in [6, 6.07) is 164. The molecular weight excluding hydrogens is 2510 g/mol. The van der Waals surface area contributed by atoms with E-state index in [0.29, 0.717) is 11.8 Å². The maximum absolute atomic E-state index is 4.89. The summed E-state index contributed by atoms with van der Waals surface area (Å²) in [7, 11) is -4.96. The van der Waals surface area contributed by atoms with Gasteiger partial charge in [-0.25, -0.2) is 0 Å². The van der Waals surface area contributed by atoms with Crippen LogP contribution in [0, 0.1) is 42.3 Å². The van der Waals surface area contributed by atoms with Gasteiger partial charge in [0.2, 0.25) is 0 Å². The normalized spacial score (nSPS) is 11.9. The third-order valence-electron chi connectivity index (χ3n) is 27.7. The van der Waals surface area contributed by atoms with Crippen LogP contribution in [0.1, 0.15) is 56.6 Å². The fourth-order valence-corrected chi connectivity index (χ4v) is 41.3. The van der Waals surface area contributed by atoms with Crippen molar-refractivity contribution >= 4 is 122 Å². The minimum atomic E-state index is -2.36. The Bertz CT molecular complexity index is 6760. The molecule has 15 heteroatoms. The second-order valence-corrected chi connectivity index (χ2v) is 80.7. The molecule has 0 N–H and O–H groups in total. The minimum absolute atomic E-state index is 0. The number of benzene rings is 13. The third-order valence-corrected chi connectivity index (χ3v) is 60.6. The van der Waals surface area contributed by atoms with Crippen molar-refractivity contribution in [3.63, 3.8) is 0 Å². The van der Waals surface area contributed by atoms with Gasteiger partial charge in [0.1, 0.15) is 24.2 Å². The van der Waals surface area contributed by atoms with E-state index in [-0.39, 0.29) is 60.3 Å². The Kier molecular flexibility index (Phi) is 41.4. The average molecular weight is 2640 g/mol. The van der Waals surface area contributed by atoms with Crippen LogP contribution in [0.2, 0.25) is 73.8 Å². The molecule has 0 aliphatic heterocycles. The van der Waals surface area contributed by atoms with Gasteiger partial charge >= 0.3 is 479 Å². The van der Waals surface area contributed by atoms with E-state index in [2.05, 4.69) is 461 Å². The quantitative estimate of drug-likeness (QED) is 0.0497. The van der Waals surface area contributed by atoms with Crippen LogP contribution in [-0.2, 0) is 66.7 Å². The molecular formula is C129H128Ge3Ir3N6Si3-6. The maximum atomic E-state index is 4.89. The van der Waals surface area contributed by atoms with Gasteiger partial charge in [-0.2, -0.15) is 0 Å². The Morgan fingerprint density at radius 3 is 0.896 bits per heavy atom. The molecule has 1 saturated carbocycles. The van der Waals surface area contributed by atoms with Crippen molar-refractivity contribution in [2.24, 2.45) is 5.92 Å². The van der Waals surface area contributed by atoms with Crippen molar-refractivity contribution in [2.75, 3.05) is 0 Å². The predicted molar refractivity (Wildman–Crippen MR) is 615 cm³/mol. The van der Waals surface area contributed by atoms with E-state index in [4.69, 9.17) is 15.0 Å². The molecule has 0 amide bonds. The van der Waals surface area contributed by atoms with Gasteiger partial charge < -0.3 is 15.0 Å². The minimum Gasteiger partial charge on any atom is 0 e. The molecule has 144 heavy (non-hydrogen) atoms. The molecule has 0 spiro atoms. The zero-order valence-corrected chi connectivity index (χ0v) is 102. The number of hydrogen-bond acceptors (Lipinski definition) is 6. The zero-order chi connectivity index (χ0) is 98.7. The molecule has 6 nitrogen and oxygen atoms in total. The third kappa shape index (κ3) is 29.1. The van der Waals surface area contributed by atoms with Gasteiger partial charge in [0.15, 0.2) is 0 Å². The van der Waals surface area contributed by atoms with Crippen molar-refractivity contribution in [1.82, 2.24) is 29.9 Å². The van der Waals surface area contributed by atoms with Crippen LogP contribution in [0.5, 0.6) is 0 Å². The Morgan fingerprint density at radius 2 is 0.556 bits per heavy atom. The van der Waals surface area contributed by atoms with Crippen molar-refractivity contribution in [3.05, 3.63) is 497 Å². The number of aromatic nitrogens is 6. The van der Waals surface area contributed by atoms with Crippen molar-refractivity contribution in [3.8, 4) is 78.7 Å². The van der Waals surface area contributed by atoms with Crippen LogP contribution in [0.3, 0.4) is 0 Å². The fraction of sp³-hybridized carbons (Fsp3) is 0.163. The topological polar surface area (TPSA) is 77.3 Å². The molecule has 1 fully saturated rings. The first-order valence-electron chi connectivity index (χ1n) is 49.4. The molecule has 3 radical (unpaired) electrons.